The fourth-order valence-electron chi connectivity index (χ4n) is 2.54. The number of hydrogen-bond donors (Lipinski definition) is 3. The van der Waals surface area contributed by atoms with Crippen molar-refractivity contribution in [2.24, 2.45) is 0 Å². The van der Waals surface area contributed by atoms with E-state index in [2.05, 4.69) is 31.9 Å². The van der Waals surface area contributed by atoms with Crippen molar-refractivity contribution in [3.63, 3.8) is 0 Å². The van der Waals surface area contributed by atoms with Gasteiger partial charge in [-0.15, -0.1) is 0 Å². The summed E-state index contributed by atoms with van der Waals surface area (Å²) < 4.78 is 6.13. The van der Waals surface area contributed by atoms with Gasteiger partial charge in [0.15, 0.2) is 11.7 Å². The van der Waals surface area contributed by atoms with E-state index < -0.39 is 11.8 Å². The molecule has 0 saturated carbocycles. The molecule has 1 heterocycles. The monoisotopic (exact) mass is 473 g/mol. The van der Waals surface area contributed by atoms with Crippen LogP contribution in [0.1, 0.15) is 11.1 Å². The number of halogens is 1. The van der Waals surface area contributed by atoms with Crippen molar-refractivity contribution in [1.29, 1.82) is 0 Å². The number of aryl methyl sites for hydroxylation is 1. The molecule has 29 heavy (non-hydrogen) atoms. The van der Waals surface area contributed by atoms with Crippen LogP contribution in [0.4, 0.5) is 5.69 Å². The first-order valence-corrected chi connectivity index (χ1v) is 9.70. The smallest absolute Gasteiger partial charge is 0.263 e. The summed E-state index contributed by atoms with van der Waals surface area (Å²) in [6, 6.07) is 12.4. The molecule has 9 heteroatoms. The van der Waals surface area contributed by atoms with E-state index in [-0.39, 0.29) is 23.2 Å². The number of hydrogen-bond acceptors (Lipinski definition) is 5. The predicted octanol–water partition coefficient (Wildman–Crippen LogP) is 2.69. The predicted molar refractivity (Wildman–Crippen MR) is 116 cm³/mol. The molecule has 3 rings (SSSR count). The van der Waals surface area contributed by atoms with E-state index in [0.717, 1.165) is 11.3 Å². The van der Waals surface area contributed by atoms with Crippen molar-refractivity contribution in [2.75, 3.05) is 11.9 Å². The number of ether oxygens (including phenoxy) is 1. The topological polar surface area (TPSA) is 96.5 Å². The Bertz CT molecular complexity index is 1030. The van der Waals surface area contributed by atoms with Crippen LogP contribution in [0.5, 0.6) is 5.75 Å². The third-order valence-corrected chi connectivity index (χ3v) is 4.81. The number of nitrogens with one attached hydrogen (secondary N) is 3. The highest BCUT2D eigenvalue weighted by molar-refractivity contribution is 9.10. The molecule has 0 unspecified atom stereocenters. The van der Waals surface area contributed by atoms with Crippen molar-refractivity contribution >= 4 is 62.7 Å². The van der Waals surface area contributed by atoms with Gasteiger partial charge in [0.2, 0.25) is 0 Å². The standard InChI is InChI=1S/C20H16BrN3O4S/c1-11-4-2-3-5-15(11)22-17(25)10-28-16-7-6-12(9-14(16)21)8-13-18(26)23-20(29)24-19(13)27/h2-9H,10H2,1H3,(H,22,25)(H2,23,24,26,27,29). The molecule has 1 aliphatic heterocycles. The zero-order valence-electron chi connectivity index (χ0n) is 15.2. The maximum absolute atomic E-state index is 12.1. The van der Waals surface area contributed by atoms with Gasteiger partial charge in [0.1, 0.15) is 11.3 Å². The fourth-order valence-corrected chi connectivity index (χ4v) is 3.24. The van der Waals surface area contributed by atoms with Crippen LogP contribution in [0.25, 0.3) is 6.08 Å². The molecule has 148 valence electrons. The molecular weight excluding hydrogens is 458 g/mol. The summed E-state index contributed by atoms with van der Waals surface area (Å²) >= 11 is 8.14. The Hall–Kier alpha value is -3.04. The van der Waals surface area contributed by atoms with Crippen LogP contribution >= 0.6 is 28.1 Å². The van der Waals surface area contributed by atoms with Gasteiger partial charge in [-0.1, -0.05) is 24.3 Å². The van der Waals surface area contributed by atoms with Crippen LogP contribution < -0.4 is 20.7 Å². The number of anilines is 1. The van der Waals surface area contributed by atoms with Crippen molar-refractivity contribution in [2.45, 2.75) is 6.92 Å². The molecule has 2 aromatic rings. The molecule has 0 aliphatic carbocycles. The second-order valence-corrected chi connectivity index (χ2v) is 7.40. The van der Waals surface area contributed by atoms with E-state index in [4.69, 9.17) is 17.0 Å². The summed E-state index contributed by atoms with van der Waals surface area (Å²) in [5, 5.41) is 7.52. The summed E-state index contributed by atoms with van der Waals surface area (Å²) in [5.41, 5.74) is 2.22. The zero-order valence-corrected chi connectivity index (χ0v) is 17.6. The Morgan fingerprint density at radius 1 is 1.17 bits per heavy atom. The first kappa shape index (κ1) is 20.7. The maximum Gasteiger partial charge on any atom is 0.263 e. The third-order valence-electron chi connectivity index (χ3n) is 3.99. The van der Waals surface area contributed by atoms with Gasteiger partial charge >= 0.3 is 0 Å². The van der Waals surface area contributed by atoms with Crippen molar-refractivity contribution < 1.29 is 19.1 Å². The van der Waals surface area contributed by atoms with E-state index in [1.807, 2.05) is 31.2 Å². The van der Waals surface area contributed by atoms with Crippen LogP contribution in [-0.4, -0.2) is 29.4 Å². The van der Waals surface area contributed by atoms with Gasteiger partial charge in [-0.05, 0) is 70.5 Å². The fraction of sp³-hybridized carbons (Fsp3) is 0.100. The first-order chi connectivity index (χ1) is 13.8. The molecule has 1 fully saturated rings. The average molecular weight is 474 g/mol. The minimum atomic E-state index is -0.567. The van der Waals surface area contributed by atoms with Gasteiger partial charge < -0.3 is 10.1 Å². The van der Waals surface area contributed by atoms with Crippen LogP contribution in [0.15, 0.2) is 52.5 Å². The molecule has 0 spiro atoms. The molecule has 7 nitrogen and oxygen atoms in total. The van der Waals surface area contributed by atoms with Crippen LogP contribution in [0.2, 0.25) is 0 Å². The lowest BCUT2D eigenvalue weighted by Gasteiger charge is -2.16. The SMILES string of the molecule is Cc1ccccc1NC(=O)COc1ccc(C=C2C(=O)NC(=S)NC2=O)cc1Br. The van der Waals surface area contributed by atoms with Gasteiger partial charge in [0, 0.05) is 5.69 Å². The summed E-state index contributed by atoms with van der Waals surface area (Å²) in [6.07, 6.45) is 1.44. The lowest BCUT2D eigenvalue weighted by atomic mass is 10.1. The number of rotatable bonds is 5. The molecular formula is C20H16BrN3O4S. The van der Waals surface area contributed by atoms with Crippen molar-refractivity contribution in [3.05, 3.63) is 63.6 Å². The zero-order chi connectivity index (χ0) is 21.0. The highest BCUT2D eigenvalue weighted by Crippen LogP contribution is 2.27. The summed E-state index contributed by atoms with van der Waals surface area (Å²) in [7, 11) is 0. The Morgan fingerprint density at radius 3 is 2.52 bits per heavy atom. The Kier molecular flexibility index (Phi) is 6.40. The molecule has 0 aromatic heterocycles. The second kappa shape index (κ2) is 8.97. The van der Waals surface area contributed by atoms with E-state index in [1.54, 1.807) is 18.2 Å². The highest BCUT2D eigenvalue weighted by atomic mass is 79.9. The number of thiocarbonyl (C=S) groups is 1. The number of benzene rings is 2. The van der Waals surface area contributed by atoms with Crippen LogP contribution in [-0.2, 0) is 14.4 Å². The third kappa shape index (κ3) is 5.27. The molecule has 1 saturated heterocycles. The normalized spacial score (nSPS) is 13.4. The Labute approximate surface area is 180 Å². The highest BCUT2D eigenvalue weighted by Gasteiger charge is 2.25. The number of para-hydroxylation sites is 1. The minimum Gasteiger partial charge on any atom is -0.483 e. The first-order valence-electron chi connectivity index (χ1n) is 8.49. The van der Waals surface area contributed by atoms with Gasteiger partial charge in [-0.25, -0.2) is 0 Å². The van der Waals surface area contributed by atoms with E-state index in [9.17, 15) is 14.4 Å². The molecule has 1 aliphatic rings. The van der Waals surface area contributed by atoms with E-state index in [0.29, 0.717) is 15.8 Å². The molecule has 3 amide bonds. The lowest BCUT2D eigenvalue weighted by molar-refractivity contribution is -0.123. The summed E-state index contributed by atoms with van der Waals surface area (Å²) in [6.45, 7) is 1.73. The summed E-state index contributed by atoms with van der Waals surface area (Å²) in [5.74, 6) is -0.971. The largest absolute Gasteiger partial charge is 0.483 e. The number of carbonyl (C=O) groups is 3. The Balaban J connectivity index is 1.65. The summed E-state index contributed by atoms with van der Waals surface area (Å²) in [4.78, 5) is 35.9. The van der Waals surface area contributed by atoms with Crippen LogP contribution in [0, 0.1) is 6.92 Å². The van der Waals surface area contributed by atoms with Gasteiger partial charge in [-0.3, -0.25) is 25.0 Å². The lowest BCUT2D eigenvalue weighted by Crippen LogP contribution is -2.51. The van der Waals surface area contributed by atoms with Gasteiger partial charge in [0.25, 0.3) is 17.7 Å². The quantitative estimate of drug-likeness (QED) is 0.352. The minimum absolute atomic E-state index is 0.0222. The van der Waals surface area contributed by atoms with Gasteiger partial charge in [0.05, 0.1) is 4.47 Å². The number of amides is 3. The Morgan fingerprint density at radius 2 is 1.86 bits per heavy atom. The maximum atomic E-state index is 12.1. The molecule has 0 atom stereocenters. The number of carbonyl (C=O) groups excluding carboxylic acids is 3. The second-order valence-electron chi connectivity index (χ2n) is 6.14. The molecule has 0 bridgehead atoms. The molecule has 2 aromatic carbocycles. The molecule has 3 N–H and O–H groups in total. The van der Waals surface area contributed by atoms with Gasteiger partial charge in [-0.2, -0.15) is 0 Å². The molecule has 0 radical (unpaired) electrons. The van der Waals surface area contributed by atoms with E-state index in [1.165, 1.54) is 6.08 Å². The van der Waals surface area contributed by atoms with Crippen molar-refractivity contribution in [1.82, 2.24) is 10.6 Å². The van der Waals surface area contributed by atoms with Crippen LogP contribution in [0.3, 0.4) is 0 Å². The van der Waals surface area contributed by atoms with E-state index >= 15 is 0 Å². The average Bonchev–Trinajstić information content (AvgIpc) is 2.66. The van der Waals surface area contributed by atoms with Crippen molar-refractivity contribution in [3.8, 4) is 5.75 Å².